The maximum atomic E-state index is 9.91. The van der Waals surface area contributed by atoms with Gasteiger partial charge in [-0.2, -0.15) is 0 Å². The van der Waals surface area contributed by atoms with Crippen LogP contribution in [0.1, 0.15) is 15.2 Å². The Morgan fingerprint density at radius 3 is 2.67 bits per heavy atom. The first kappa shape index (κ1) is 3.65. The van der Waals surface area contributed by atoms with Gasteiger partial charge < -0.3 is 4.74 Å². The van der Waals surface area contributed by atoms with Crippen molar-refractivity contribution in [1.82, 2.24) is 0 Å². The van der Waals surface area contributed by atoms with E-state index in [9.17, 15) is 4.79 Å². The zero-order valence-electron chi connectivity index (χ0n) is 4.89. The number of hydrogen-bond donors (Lipinski definition) is 0. The minimum Gasteiger partial charge on any atom is -0.466 e. The normalized spacial score (nSPS) is 15.3. The molecule has 1 atom stereocenters. The second kappa shape index (κ2) is 2.69. The predicted molar refractivity (Wildman–Crippen MR) is 22.3 cm³/mol. The van der Waals surface area contributed by atoms with Crippen LogP contribution in [-0.4, -0.2) is 12.6 Å². The lowest BCUT2D eigenvalue weighted by Gasteiger charge is -1.89. The van der Waals surface area contributed by atoms with E-state index in [1.54, 1.807) is 0 Å². The molecule has 0 aliphatic heterocycles. The average molecular weight is 89.1 g/mol. The minimum absolute atomic E-state index is 0.400. The Labute approximate surface area is 38.5 Å². The quantitative estimate of drug-likeness (QED) is 0.439. The van der Waals surface area contributed by atoms with Crippen LogP contribution in [0.5, 0.6) is 0 Å². The van der Waals surface area contributed by atoms with Crippen LogP contribution in [0.4, 0.5) is 0 Å². The molecule has 0 spiro atoms. The Morgan fingerprint density at radius 1 is 2.17 bits per heavy atom. The molecule has 0 fully saturated rings. The molecule has 0 radical (unpaired) electrons. The average Bonchev–Trinajstić information content (AvgIpc) is 1.27. The summed E-state index contributed by atoms with van der Waals surface area (Å²) in [6.45, 7) is 2.05. The maximum absolute atomic E-state index is 9.91. The molecule has 0 aromatic carbocycles. The number of carbonyl (C=O) groups excluding carboxylic acids is 1. The molecule has 0 aliphatic rings. The van der Waals surface area contributed by atoms with Crippen molar-refractivity contribution in [2.24, 2.45) is 0 Å². The van der Waals surface area contributed by atoms with Crippen molar-refractivity contribution in [2.75, 3.05) is 6.58 Å². The molecule has 0 amide bonds. The largest absolute Gasteiger partial charge is 0.466 e. The van der Waals surface area contributed by atoms with E-state index in [0.29, 0.717) is 0 Å². The van der Waals surface area contributed by atoms with Crippen LogP contribution < -0.4 is 0 Å². The van der Waals surface area contributed by atoms with Crippen LogP contribution in [0.2, 0.25) is 0 Å². The van der Waals surface area contributed by atoms with E-state index in [2.05, 4.69) is 4.74 Å². The molecule has 0 aromatic rings. The van der Waals surface area contributed by atoms with Crippen molar-refractivity contribution in [1.29, 1.82) is 0 Å². The first-order chi connectivity index (χ1) is 3.13. The third kappa shape index (κ3) is 3.47. The van der Waals surface area contributed by atoms with E-state index in [1.807, 2.05) is 0 Å². The van der Waals surface area contributed by atoms with Gasteiger partial charge in [-0.05, 0) is 6.92 Å². The highest BCUT2D eigenvalue weighted by Gasteiger charge is 1.81. The zero-order chi connectivity index (χ0) is 5.86. The van der Waals surface area contributed by atoms with Crippen LogP contribution in [-0.2, 0) is 9.53 Å². The number of rotatable bonds is 1. The summed E-state index contributed by atoms with van der Waals surface area (Å²) < 4.78 is 10.9. The van der Waals surface area contributed by atoms with Crippen LogP contribution in [0.15, 0.2) is 0 Å². The highest BCUT2D eigenvalue weighted by molar-refractivity contribution is 5.65. The van der Waals surface area contributed by atoms with Gasteiger partial charge in [0.05, 0.1) is 7.95 Å². The number of ether oxygens (including phenoxy) is 1. The van der Waals surface area contributed by atoms with E-state index in [4.69, 9.17) is 1.37 Å². The molecule has 2 nitrogen and oxygen atoms in total. The Kier molecular flexibility index (Phi) is 1.64. The number of hydrogen-bond acceptors (Lipinski definition) is 2. The van der Waals surface area contributed by atoms with Crippen LogP contribution in [0.3, 0.4) is 0 Å². The van der Waals surface area contributed by atoms with Gasteiger partial charge in [0, 0.05) is 6.92 Å². The molecule has 0 heterocycles. The summed E-state index contributed by atoms with van der Waals surface area (Å²) in [5, 5.41) is 0. The molecule has 1 unspecified atom stereocenters. The molecule has 2 heteroatoms. The number of carbonyl (C=O) groups is 1. The molecule has 6 heavy (non-hydrogen) atoms. The predicted octanol–water partition coefficient (Wildman–Crippen LogP) is 0.569. The molecule has 0 N–H and O–H groups in total. The third-order valence-corrected chi connectivity index (χ3v) is 0.284. The summed E-state index contributed by atoms with van der Waals surface area (Å²) in [5.74, 6) is -0.400. The molecule has 0 bridgehead atoms. The maximum Gasteiger partial charge on any atom is 0.302 e. The van der Waals surface area contributed by atoms with Crippen LogP contribution in [0.25, 0.3) is 0 Å². The molecule has 0 aromatic heterocycles. The second-order valence-electron chi connectivity index (χ2n) is 0.845. The minimum atomic E-state index is -0.725. The Hall–Kier alpha value is -0.530. The van der Waals surface area contributed by atoms with Gasteiger partial charge in [0.15, 0.2) is 0 Å². The fraction of sp³-hybridized carbons (Fsp3) is 0.750. The molecule has 36 valence electrons. The second-order valence-corrected chi connectivity index (χ2v) is 0.845. The van der Waals surface area contributed by atoms with E-state index in [-0.39, 0.29) is 0 Å². The van der Waals surface area contributed by atoms with E-state index < -0.39 is 12.6 Å². The first-order valence-electron chi connectivity index (χ1n) is 2.30. The molecular formula is C4H8O2. The molecule has 0 saturated carbocycles. The van der Waals surface area contributed by atoms with Gasteiger partial charge in [-0.1, -0.05) is 0 Å². The summed E-state index contributed by atoms with van der Waals surface area (Å²) in [6.07, 6.45) is 0. The van der Waals surface area contributed by atoms with E-state index in [1.165, 1.54) is 13.8 Å². The summed E-state index contributed by atoms with van der Waals surface area (Å²) in [7, 11) is 0. The highest BCUT2D eigenvalue weighted by atomic mass is 16.5. The van der Waals surface area contributed by atoms with Gasteiger partial charge in [0.1, 0.15) is 0 Å². The fourth-order valence-corrected chi connectivity index (χ4v) is 0.166. The van der Waals surface area contributed by atoms with Crippen LogP contribution in [0, 0.1) is 0 Å². The lowest BCUT2D eigenvalue weighted by atomic mass is 10.8. The summed E-state index contributed by atoms with van der Waals surface area (Å²) >= 11 is 0. The topological polar surface area (TPSA) is 26.3 Å². The monoisotopic (exact) mass is 89.1 g/mol. The van der Waals surface area contributed by atoms with Crippen LogP contribution >= 0.6 is 0 Å². The molecular weight excluding hydrogens is 80.0 g/mol. The van der Waals surface area contributed by atoms with Crippen molar-refractivity contribution in [3.05, 3.63) is 0 Å². The summed E-state index contributed by atoms with van der Waals surface area (Å²) in [4.78, 5) is 9.91. The molecule has 0 saturated heterocycles. The van der Waals surface area contributed by atoms with Gasteiger partial charge >= 0.3 is 5.97 Å². The van der Waals surface area contributed by atoms with Crippen molar-refractivity contribution >= 4 is 5.97 Å². The lowest BCUT2D eigenvalue weighted by molar-refractivity contribution is -0.140. The molecule has 0 rings (SSSR count). The van der Waals surface area contributed by atoms with E-state index >= 15 is 0 Å². The first-order valence-corrected chi connectivity index (χ1v) is 1.72. The zero-order valence-corrected chi connectivity index (χ0v) is 3.89. The highest BCUT2D eigenvalue weighted by Crippen LogP contribution is 1.69. The fourth-order valence-electron chi connectivity index (χ4n) is 0.166. The Bertz CT molecular complexity index is 70.1. The van der Waals surface area contributed by atoms with Gasteiger partial charge in [-0.3, -0.25) is 4.79 Å². The SMILES string of the molecule is [2H]C(C)OC(C)=O. The third-order valence-electron chi connectivity index (χ3n) is 0.284. The van der Waals surface area contributed by atoms with Crippen molar-refractivity contribution < 1.29 is 10.9 Å². The van der Waals surface area contributed by atoms with Crippen molar-refractivity contribution in [3.8, 4) is 0 Å². The molecule has 0 aliphatic carbocycles. The summed E-state index contributed by atoms with van der Waals surface area (Å²) in [5.41, 5.74) is 0. The lowest BCUT2D eigenvalue weighted by Crippen LogP contribution is -1.95. The van der Waals surface area contributed by atoms with E-state index in [0.717, 1.165) is 0 Å². The van der Waals surface area contributed by atoms with Gasteiger partial charge in [-0.25, -0.2) is 0 Å². The van der Waals surface area contributed by atoms with Gasteiger partial charge in [0.25, 0.3) is 0 Å². The van der Waals surface area contributed by atoms with Crippen molar-refractivity contribution in [3.63, 3.8) is 0 Å². The number of esters is 1. The smallest absolute Gasteiger partial charge is 0.302 e. The van der Waals surface area contributed by atoms with Crippen molar-refractivity contribution in [2.45, 2.75) is 13.8 Å². The Morgan fingerprint density at radius 2 is 2.67 bits per heavy atom. The standard InChI is InChI=1S/C4H8O2/c1-3-6-4(2)5/h3H2,1-2H3/i3D. The Balaban J connectivity index is 3.13. The summed E-state index contributed by atoms with van der Waals surface area (Å²) in [6, 6.07) is 0. The van der Waals surface area contributed by atoms with Gasteiger partial charge in [0.2, 0.25) is 0 Å². The van der Waals surface area contributed by atoms with Gasteiger partial charge in [-0.15, -0.1) is 0 Å².